The molecular formula is C18H21NO5. The summed E-state index contributed by atoms with van der Waals surface area (Å²) in [5.74, 6) is 0.700. The third-order valence-corrected chi connectivity index (χ3v) is 3.66. The molecule has 0 saturated heterocycles. The molecule has 0 amide bonds. The maximum absolute atomic E-state index is 9.88. The molecule has 0 atom stereocenters. The van der Waals surface area contributed by atoms with Crippen LogP contribution in [0.2, 0.25) is 0 Å². The Morgan fingerprint density at radius 1 is 0.958 bits per heavy atom. The summed E-state index contributed by atoms with van der Waals surface area (Å²) >= 11 is 0. The number of hydrogen-bond donors (Lipinski definition) is 4. The summed E-state index contributed by atoms with van der Waals surface area (Å²) in [4.78, 5) is 0. The van der Waals surface area contributed by atoms with Crippen molar-refractivity contribution in [3.63, 3.8) is 0 Å². The van der Waals surface area contributed by atoms with Crippen molar-refractivity contribution < 1.29 is 24.8 Å². The summed E-state index contributed by atoms with van der Waals surface area (Å²) in [7, 11) is 2.94. The summed E-state index contributed by atoms with van der Waals surface area (Å²) < 4.78 is 10.3. The normalized spacial score (nSPS) is 11.0. The lowest BCUT2D eigenvalue weighted by molar-refractivity contribution is 0.254. The van der Waals surface area contributed by atoms with Crippen LogP contribution in [0.5, 0.6) is 17.2 Å². The zero-order chi connectivity index (χ0) is 17.7. The van der Waals surface area contributed by atoms with Gasteiger partial charge < -0.3 is 30.5 Å². The van der Waals surface area contributed by atoms with E-state index in [0.717, 1.165) is 5.56 Å². The Morgan fingerprint density at radius 2 is 1.62 bits per heavy atom. The minimum atomic E-state index is -0.216. The first-order valence-corrected chi connectivity index (χ1v) is 7.30. The Kier molecular flexibility index (Phi) is 5.68. The maximum atomic E-state index is 9.88. The van der Waals surface area contributed by atoms with Gasteiger partial charge in [-0.15, -0.1) is 0 Å². The number of aliphatic hydroxyl groups excluding tert-OH is 2. The van der Waals surface area contributed by atoms with Crippen molar-refractivity contribution in [3.05, 3.63) is 46.5 Å². The standard InChI is InChI=1S/C18H21NO5/c1-23-17-8-11(5-13(9-20)14(17)10-21)3-4-12-6-15(19)18(24-2)16(22)7-12/h3-8,20-22H,9-10,19H2,1-2H3/b4-3-. The minimum absolute atomic E-state index is 0.0404. The monoisotopic (exact) mass is 331 g/mol. The van der Waals surface area contributed by atoms with Crippen LogP contribution < -0.4 is 15.2 Å². The SMILES string of the molecule is COc1cc(/C=C\c2cc(N)c(OC)c(O)c2)cc(CO)c1CO. The number of anilines is 1. The van der Waals surface area contributed by atoms with Crippen LogP contribution in [-0.4, -0.2) is 29.5 Å². The highest BCUT2D eigenvalue weighted by Crippen LogP contribution is 2.34. The second-order valence-corrected chi connectivity index (χ2v) is 5.17. The summed E-state index contributed by atoms with van der Waals surface area (Å²) in [6.07, 6.45) is 3.56. The van der Waals surface area contributed by atoms with Crippen molar-refractivity contribution in [2.75, 3.05) is 20.0 Å². The quantitative estimate of drug-likeness (QED) is 0.477. The second-order valence-electron chi connectivity index (χ2n) is 5.17. The highest BCUT2D eigenvalue weighted by atomic mass is 16.5. The molecular weight excluding hydrogens is 310 g/mol. The first kappa shape index (κ1) is 17.7. The molecule has 0 bridgehead atoms. The molecule has 0 radical (unpaired) electrons. The summed E-state index contributed by atoms with van der Waals surface area (Å²) in [5.41, 5.74) is 8.79. The molecule has 0 spiro atoms. The number of nitrogens with two attached hydrogens (primary N) is 1. The lowest BCUT2D eigenvalue weighted by Crippen LogP contribution is -1.99. The fourth-order valence-corrected chi connectivity index (χ4v) is 2.49. The van der Waals surface area contributed by atoms with Crippen LogP contribution in [0.3, 0.4) is 0 Å². The van der Waals surface area contributed by atoms with Crippen LogP contribution in [0.4, 0.5) is 5.69 Å². The Morgan fingerprint density at radius 3 is 2.12 bits per heavy atom. The number of ether oxygens (including phenoxy) is 2. The Labute approximate surface area is 140 Å². The first-order chi connectivity index (χ1) is 11.5. The highest BCUT2D eigenvalue weighted by Gasteiger charge is 2.10. The zero-order valence-corrected chi connectivity index (χ0v) is 13.6. The van der Waals surface area contributed by atoms with Gasteiger partial charge in [-0.2, -0.15) is 0 Å². The average molecular weight is 331 g/mol. The molecule has 5 N–H and O–H groups in total. The Balaban J connectivity index is 2.39. The van der Waals surface area contributed by atoms with Crippen LogP contribution in [0, 0.1) is 0 Å². The number of hydrogen-bond acceptors (Lipinski definition) is 6. The molecule has 0 aliphatic rings. The molecule has 0 aliphatic heterocycles. The minimum Gasteiger partial charge on any atom is -0.504 e. The summed E-state index contributed by atoms with van der Waals surface area (Å²) in [5, 5.41) is 28.7. The van der Waals surface area contributed by atoms with E-state index in [1.165, 1.54) is 20.3 Å². The molecule has 2 aromatic rings. The number of phenols is 1. The van der Waals surface area contributed by atoms with Gasteiger partial charge in [0.15, 0.2) is 11.5 Å². The first-order valence-electron chi connectivity index (χ1n) is 7.30. The van der Waals surface area contributed by atoms with Gasteiger partial charge in [-0.1, -0.05) is 12.2 Å². The van der Waals surface area contributed by atoms with E-state index in [1.807, 2.05) is 0 Å². The summed E-state index contributed by atoms with van der Waals surface area (Å²) in [6, 6.07) is 6.74. The van der Waals surface area contributed by atoms with Gasteiger partial charge in [-0.3, -0.25) is 0 Å². The number of nitrogen functional groups attached to an aromatic ring is 1. The van der Waals surface area contributed by atoms with Crippen molar-refractivity contribution in [1.82, 2.24) is 0 Å². The van der Waals surface area contributed by atoms with E-state index in [4.69, 9.17) is 15.2 Å². The predicted octanol–water partition coefficient (Wildman–Crippen LogP) is 2.15. The highest BCUT2D eigenvalue weighted by molar-refractivity contribution is 5.75. The topological polar surface area (TPSA) is 105 Å². The number of phenolic OH excluding ortho intramolecular Hbond substituents is 1. The van der Waals surface area contributed by atoms with Gasteiger partial charge in [-0.05, 0) is 41.0 Å². The largest absolute Gasteiger partial charge is 0.504 e. The van der Waals surface area contributed by atoms with Crippen molar-refractivity contribution in [3.8, 4) is 17.2 Å². The van der Waals surface area contributed by atoms with E-state index in [2.05, 4.69) is 0 Å². The molecule has 0 aliphatic carbocycles. The van der Waals surface area contributed by atoms with Crippen LogP contribution >= 0.6 is 0 Å². The molecule has 0 fully saturated rings. The third kappa shape index (κ3) is 3.61. The van der Waals surface area contributed by atoms with E-state index in [0.29, 0.717) is 28.1 Å². The van der Waals surface area contributed by atoms with E-state index >= 15 is 0 Å². The van der Waals surface area contributed by atoms with E-state index in [-0.39, 0.29) is 24.7 Å². The average Bonchev–Trinajstić information content (AvgIpc) is 2.58. The number of aliphatic hydroxyl groups is 2. The lowest BCUT2D eigenvalue weighted by Gasteiger charge is -2.12. The molecule has 128 valence electrons. The molecule has 6 nitrogen and oxygen atoms in total. The second kappa shape index (κ2) is 7.72. The molecule has 2 rings (SSSR count). The zero-order valence-electron chi connectivity index (χ0n) is 13.6. The van der Waals surface area contributed by atoms with Crippen molar-refractivity contribution in [2.45, 2.75) is 13.2 Å². The Hall–Kier alpha value is -2.70. The molecule has 6 heteroatoms. The van der Waals surface area contributed by atoms with Crippen LogP contribution in [0.25, 0.3) is 12.2 Å². The maximum Gasteiger partial charge on any atom is 0.183 e. The smallest absolute Gasteiger partial charge is 0.183 e. The van der Waals surface area contributed by atoms with Crippen LogP contribution in [-0.2, 0) is 13.2 Å². The van der Waals surface area contributed by atoms with Crippen molar-refractivity contribution in [1.29, 1.82) is 0 Å². The van der Waals surface area contributed by atoms with Crippen LogP contribution in [0.15, 0.2) is 24.3 Å². The van der Waals surface area contributed by atoms with Gasteiger partial charge in [0.25, 0.3) is 0 Å². The van der Waals surface area contributed by atoms with Gasteiger partial charge in [0.2, 0.25) is 0 Å². The molecule has 0 saturated carbocycles. The third-order valence-electron chi connectivity index (χ3n) is 3.66. The van der Waals surface area contributed by atoms with Gasteiger partial charge in [0.05, 0.1) is 33.1 Å². The lowest BCUT2D eigenvalue weighted by atomic mass is 10.0. The van der Waals surface area contributed by atoms with Crippen LogP contribution in [0.1, 0.15) is 22.3 Å². The fourth-order valence-electron chi connectivity index (χ4n) is 2.49. The van der Waals surface area contributed by atoms with Gasteiger partial charge >= 0.3 is 0 Å². The van der Waals surface area contributed by atoms with Crippen molar-refractivity contribution >= 4 is 17.8 Å². The molecule has 0 aromatic heterocycles. The van der Waals surface area contributed by atoms with E-state index in [9.17, 15) is 15.3 Å². The number of rotatable bonds is 6. The number of methoxy groups -OCH3 is 2. The molecule has 24 heavy (non-hydrogen) atoms. The molecule has 0 heterocycles. The number of aromatic hydroxyl groups is 1. The van der Waals surface area contributed by atoms with Gasteiger partial charge in [0.1, 0.15) is 5.75 Å². The van der Waals surface area contributed by atoms with E-state index in [1.54, 1.807) is 30.4 Å². The van der Waals surface area contributed by atoms with E-state index < -0.39 is 0 Å². The van der Waals surface area contributed by atoms with Gasteiger partial charge in [0, 0.05) is 5.56 Å². The molecule has 2 aromatic carbocycles. The predicted molar refractivity (Wildman–Crippen MR) is 92.8 cm³/mol. The van der Waals surface area contributed by atoms with Gasteiger partial charge in [-0.25, -0.2) is 0 Å². The fraction of sp³-hybridized carbons (Fsp3) is 0.222. The van der Waals surface area contributed by atoms with Crippen molar-refractivity contribution in [2.24, 2.45) is 0 Å². The number of benzene rings is 2. The Bertz CT molecular complexity index is 707. The molecule has 0 unspecified atom stereocenters. The summed E-state index contributed by atoms with van der Waals surface area (Å²) in [6.45, 7) is -0.420.